The number of aliphatic hydroxyl groups excluding tert-OH is 1. The number of methoxy groups -OCH3 is 1. The lowest BCUT2D eigenvalue weighted by Gasteiger charge is -2.16. The minimum atomic E-state index is -1.64. The predicted octanol–water partition coefficient (Wildman–Crippen LogP) is 7.06. The Balaban J connectivity index is 1.87. The van der Waals surface area contributed by atoms with Crippen molar-refractivity contribution in [3.05, 3.63) is 83.9 Å². The molecule has 3 aromatic carbocycles. The quantitative estimate of drug-likeness (QED) is 0.160. The monoisotopic (exact) mass is 526 g/mol. The highest BCUT2D eigenvalue weighted by Crippen LogP contribution is 2.34. The molecule has 3 aromatic rings. The van der Waals surface area contributed by atoms with Gasteiger partial charge in [0.25, 0.3) is 6.08 Å². The third-order valence-electron chi connectivity index (χ3n) is 6.13. The van der Waals surface area contributed by atoms with Gasteiger partial charge in [0.2, 0.25) is 0 Å². The molecule has 0 saturated heterocycles. The van der Waals surface area contributed by atoms with Crippen LogP contribution in [-0.2, 0) is 22.3 Å². The zero-order valence-corrected chi connectivity index (χ0v) is 22.1. The summed E-state index contributed by atoms with van der Waals surface area (Å²) >= 11 is 0. The molecule has 204 valence electrons. The van der Waals surface area contributed by atoms with E-state index < -0.39 is 6.08 Å². The van der Waals surface area contributed by atoms with Crippen LogP contribution in [-0.4, -0.2) is 45.4 Å². The highest BCUT2D eigenvalue weighted by Gasteiger charge is 2.12. The molecule has 0 aliphatic rings. The summed E-state index contributed by atoms with van der Waals surface area (Å²) in [7, 11) is 1.64. The maximum absolute atomic E-state index is 12.6. The average Bonchev–Trinajstić information content (AvgIpc) is 2.94. The van der Waals surface area contributed by atoms with Crippen LogP contribution in [0, 0.1) is 0 Å². The third-order valence-corrected chi connectivity index (χ3v) is 6.13. The lowest BCUT2D eigenvalue weighted by atomic mass is 9.90. The Kier molecular flexibility index (Phi) is 12.2. The highest BCUT2D eigenvalue weighted by molar-refractivity contribution is 5.76. The second-order valence-electron chi connectivity index (χ2n) is 8.68. The van der Waals surface area contributed by atoms with E-state index in [-0.39, 0.29) is 6.79 Å². The fourth-order valence-corrected chi connectivity index (χ4v) is 4.24. The number of ether oxygens (including phenoxy) is 4. The van der Waals surface area contributed by atoms with Gasteiger partial charge in [0.05, 0.1) is 13.2 Å². The molecule has 0 radical (unpaired) electrons. The van der Waals surface area contributed by atoms with Gasteiger partial charge < -0.3 is 24.1 Å². The molecule has 0 saturated carbocycles. The first-order chi connectivity index (χ1) is 18.5. The lowest BCUT2D eigenvalue weighted by Crippen LogP contribution is -2.07. The van der Waals surface area contributed by atoms with Gasteiger partial charge >= 0.3 is 0 Å². The highest BCUT2D eigenvalue weighted by atomic mass is 19.3. The number of hydrogen-bond donors (Lipinski definition) is 1. The number of hydrogen-bond acceptors (Lipinski definition) is 5. The molecule has 0 fully saturated rings. The van der Waals surface area contributed by atoms with E-state index in [2.05, 4.69) is 25.1 Å². The van der Waals surface area contributed by atoms with E-state index in [1.54, 1.807) is 7.11 Å². The van der Waals surface area contributed by atoms with Gasteiger partial charge in [-0.1, -0.05) is 43.3 Å². The molecule has 0 aromatic heterocycles. The van der Waals surface area contributed by atoms with Gasteiger partial charge in [-0.3, -0.25) is 0 Å². The molecule has 0 bridgehead atoms. The molecule has 0 amide bonds. The van der Waals surface area contributed by atoms with Crippen LogP contribution < -0.4 is 9.47 Å². The summed E-state index contributed by atoms with van der Waals surface area (Å²) in [6.07, 6.45) is 1.78. The summed E-state index contributed by atoms with van der Waals surface area (Å²) in [4.78, 5) is 0. The summed E-state index contributed by atoms with van der Waals surface area (Å²) in [6, 6.07) is 20.3. The van der Waals surface area contributed by atoms with Gasteiger partial charge in [-0.05, 0) is 89.4 Å². The third kappa shape index (κ3) is 8.94. The Labute approximate surface area is 223 Å². The first-order valence-corrected chi connectivity index (χ1v) is 12.9. The molecule has 0 unspecified atom stereocenters. The summed E-state index contributed by atoms with van der Waals surface area (Å²) in [6.45, 7) is 3.44. The molecule has 7 heteroatoms. The Hall–Kier alpha value is -3.26. The van der Waals surface area contributed by atoms with Crippen molar-refractivity contribution >= 4 is 0 Å². The molecule has 0 spiro atoms. The first kappa shape index (κ1) is 29.3. The van der Waals surface area contributed by atoms with Crippen LogP contribution in [0.3, 0.4) is 0 Å². The van der Waals surface area contributed by atoms with Crippen molar-refractivity contribution in [1.82, 2.24) is 0 Å². The smallest absolute Gasteiger partial charge is 0.266 e. The molecular formula is C31H36F2O5. The normalized spacial score (nSPS) is 10.9. The van der Waals surface area contributed by atoms with Crippen LogP contribution in [0.1, 0.15) is 30.9 Å². The molecule has 1 N–H and O–H groups in total. The van der Waals surface area contributed by atoms with Gasteiger partial charge in [-0.2, -0.15) is 8.78 Å². The van der Waals surface area contributed by atoms with Crippen molar-refractivity contribution in [2.75, 3.05) is 40.3 Å². The van der Waals surface area contributed by atoms with Crippen molar-refractivity contribution < 1.29 is 32.8 Å². The number of halogens is 2. The molecule has 0 aliphatic carbocycles. The van der Waals surface area contributed by atoms with E-state index in [0.29, 0.717) is 45.7 Å². The molecule has 3 rings (SSSR count). The Bertz CT molecular complexity index is 1160. The summed E-state index contributed by atoms with van der Waals surface area (Å²) in [5.41, 5.74) is 6.54. The van der Waals surface area contributed by atoms with Crippen molar-refractivity contribution in [3.8, 4) is 33.8 Å². The maximum atomic E-state index is 12.6. The summed E-state index contributed by atoms with van der Waals surface area (Å²) < 4.78 is 46.6. The summed E-state index contributed by atoms with van der Waals surface area (Å²) in [5.74, 6) is 1.52. The van der Waals surface area contributed by atoms with Crippen LogP contribution in [0.15, 0.2) is 72.8 Å². The number of aliphatic hydroxyl groups is 1. The minimum absolute atomic E-state index is 0.312. The van der Waals surface area contributed by atoms with Gasteiger partial charge in [-0.15, -0.1) is 0 Å². The van der Waals surface area contributed by atoms with E-state index in [1.165, 1.54) is 0 Å². The van der Waals surface area contributed by atoms with Crippen molar-refractivity contribution in [3.63, 3.8) is 0 Å². The fraction of sp³-hybridized carbons (Fsp3) is 0.355. The van der Waals surface area contributed by atoms with Crippen LogP contribution >= 0.6 is 0 Å². The second-order valence-corrected chi connectivity index (χ2v) is 8.68. The van der Waals surface area contributed by atoms with Crippen LogP contribution in [0.5, 0.6) is 11.5 Å². The van der Waals surface area contributed by atoms with Crippen molar-refractivity contribution in [1.29, 1.82) is 0 Å². The topological polar surface area (TPSA) is 57.2 Å². The summed E-state index contributed by atoms with van der Waals surface area (Å²) in [5, 5.41) is 8.74. The van der Waals surface area contributed by atoms with E-state index in [4.69, 9.17) is 24.1 Å². The Morgan fingerprint density at radius 2 is 1.45 bits per heavy atom. The Morgan fingerprint density at radius 3 is 2.16 bits per heavy atom. The SMILES string of the molecule is CCc1cc(OCCOCO)ccc1-c1ccc(-c2ccc(OCCOC)cc2)c(CCCC=C(F)F)c1. The zero-order valence-electron chi connectivity index (χ0n) is 22.1. The van der Waals surface area contributed by atoms with Crippen molar-refractivity contribution in [2.24, 2.45) is 0 Å². The first-order valence-electron chi connectivity index (χ1n) is 12.9. The van der Waals surface area contributed by atoms with Crippen LogP contribution in [0.4, 0.5) is 8.78 Å². The van der Waals surface area contributed by atoms with Gasteiger partial charge in [0, 0.05) is 7.11 Å². The molecular weight excluding hydrogens is 490 g/mol. The number of aryl methyl sites for hydroxylation is 2. The molecule has 0 aliphatic heterocycles. The minimum Gasteiger partial charge on any atom is -0.491 e. The largest absolute Gasteiger partial charge is 0.491 e. The van der Waals surface area contributed by atoms with E-state index in [0.717, 1.165) is 57.4 Å². The van der Waals surface area contributed by atoms with Crippen LogP contribution in [0.2, 0.25) is 0 Å². The number of allylic oxidation sites excluding steroid dienone is 1. The van der Waals surface area contributed by atoms with Crippen LogP contribution in [0.25, 0.3) is 22.3 Å². The predicted molar refractivity (Wildman–Crippen MR) is 146 cm³/mol. The van der Waals surface area contributed by atoms with E-state index >= 15 is 0 Å². The molecule has 0 atom stereocenters. The average molecular weight is 527 g/mol. The number of benzene rings is 3. The number of unbranched alkanes of at least 4 members (excludes halogenated alkanes) is 1. The van der Waals surface area contributed by atoms with Gasteiger partial charge in [0.15, 0.2) is 0 Å². The molecule has 5 nitrogen and oxygen atoms in total. The standard InChI is InChI=1S/C31H36F2O5/c1-3-23-21-28(38-19-17-36-22-34)13-15-29(23)26-10-14-30(25(20-26)6-4-5-7-31(32)33)24-8-11-27(12-9-24)37-18-16-35-2/h7-15,20-21,34H,3-6,16-19,22H2,1-2H3. The molecule has 38 heavy (non-hydrogen) atoms. The number of rotatable bonds is 16. The van der Waals surface area contributed by atoms with Gasteiger partial charge in [0.1, 0.15) is 31.5 Å². The van der Waals surface area contributed by atoms with Crippen molar-refractivity contribution in [2.45, 2.75) is 32.6 Å². The van der Waals surface area contributed by atoms with Gasteiger partial charge in [-0.25, -0.2) is 0 Å². The van der Waals surface area contributed by atoms with E-state index in [9.17, 15) is 8.78 Å². The molecule has 0 heterocycles. The Morgan fingerprint density at radius 1 is 0.789 bits per heavy atom. The fourth-order valence-electron chi connectivity index (χ4n) is 4.24. The maximum Gasteiger partial charge on any atom is 0.266 e. The second kappa shape index (κ2) is 15.9. The lowest BCUT2D eigenvalue weighted by molar-refractivity contribution is -0.0126. The zero-order chi connectivity index (χ0) is 27.2. The van der Waals surface area contributed by atoms with E-state index in [1.807, 2.05) is 42.5 Å².